The summed E-state index contributed by atoms with van der Waals surface area (Å²) in [4.78, 5) is 11.9. The lowest BCUT2D eigenvalue weighted by molar-refractivity contribution is 0.207. The third-order valence-electron chi connectivity index (χ3n) is 1.91. The molecule has 0 radical (unpaired) electrons. The minimum absolute atomic E-state index is 0.0949. The predicted octanol–water partition coefficient (Wildman–Crippen LogP) is 1.93. The molecule has 0 saturated heterocycles. The first-order valence-corrected chi connectivity index (χ1v) is 7.09. The summed E-state index contributed by atoms with van der Waals surface area (Å²) in [6, 6.07) is 0. The number of ether oxygens (including phenoxy) is 1. The molecule has 0 bridgehead atoms. The molecule has 0 atom stereocenters. The smallest absolute Gasteiger partial charge is 0.458 e. The van der Waals surface area contributed by atoms with Crippen LogP contribution in [0, 0.1) is 0 Å². The van der Waals surface area contributed by atoms with Crippen LogP contribution in [0.25, 0.3) is 0 Å². The van der Waals surface area contributed by atoms with Crippen molar-refractivity contribution in [1.29, 1.82) is 0 Å². The van der Waals surface area contributed by atoms with Crippen LogP contribution in [-0.4, -0.2) is 29.9 Å². The van der Waals surface area contributed by atoms with E-state index in [1.54, 1.807) is 13.8 Å². The van der Waals surface area contributed by atoms with Gasteiger partial charge < -0.3 is 4.74 Å². The number of hydrogen-bond acceptors (Lipinski definition) is 6. The quantitative estimate of drug-likeness (QED) is 0.746. The Balaban J connectivity index is 3.35. The topological polar surface area (TPSA) is 79.7 Å². The summed E-state index contributed by atoms with van der Waals surface area (Å²) in [6.07, 6.45) is 1.18. The summed E-state index contributed by atoms with van der Waals surface area (Å²) in [5, 5.41) is 3.47. The summed E-state index contributed by atoms with van der Waals surface area (Å²) < 4.78 is 27.8. The molecule has 0 amide bonds. The van der Waals surface area contributed by atoms with Gasteiger partial charge in [0.25, 0.3) is 5.56 Å². The molecule has 1 rings (SSSR count). The van der Waals surface area contributed by atoms with Crippen molar-refractivity contribution >= 4 is 19.3 Å². The molecule has 9 heteroatoms. The molecule has 0 saturated carbocycles. The molecule has 0 aromatic carbocycles. The van der Waals surface area contributed by atoms with Crippen molar-refractivity contribution in [3.05, 3.63) is 21.6 Å². The Morgan fingerprint density at radius 1 is 1.39 bits per heavy atom. The normalized spacial score (nSPS) is 11.6. The summed E-state index contributed by atoms with van der Waals surface area (Å²) >= 11 is 5.77. The molecule has 1 heterocycles. The highest BCUT2D eigenvalue weighted by molar-refractivity contribution is 7.52. The average Bonchev–Trinajstić information content (AvgIpc) is 2.33. The Morgan fingerprint density at radius 3 is 2.39 bits per heavy atom. The maximum atomic E-state index is 12.3. The third kappa shape index (κ3) is 2.92. The summed E-state index contributed by atoms with van der Waals surface area (Å²) in [6.45, 7) is 3.47. The first-order chi connectivity index (χ1) is 8.50. The highest BCUT2D eigenvalue weighted by Gasteiger charge is 2.31. The Hall–Kier alpha value is -0.880. The molecule has 0 unspecified atom stereocenters. The molecule has 0 N–H and O–H groups in total. The monoisotopic (exact) mass is 296 g/mol. The highest BCUT2D eigenvalue weighted by atomic mass is 35.5. The minimum Gasteiger partial charge on any atom is -0.493 e. The Morgan fingerprint density at radius 2 is 1.94 bits per heavy atom. The molecule has 7 nitrogen and oxygen atoms in total. The zero-order valence-corrected chi connectivity index (χ0v) is 11.9. The zero-order valence-electron chi connectivity index (χ0n) is 10.3. The molecule has 0 aliphatic rings. The lowest BCUT2D eigenvalue weighted by Crippen LogP contribution is -2.24. The summed E-state index contributed by atoms with van der Waals surface area (Å²) in [5.74, 6) is 0.0949. The van der Waals surface area contributed by atoms with Crippen LogP contribution < -0.4 is 10.3 Å². The van der Waals surface area contributed by atoms with Gasteiger partial charge in [-0.3, -0.25) is 13.8 Å². The predicted molar refractivity (Wildman–Crippen MR) is 66.3 cm³/mol. The maximum absolute atomic E-state index is 12.3. The van der Waals surface area contributed by atoms with Crippen molar-refractivity contribution in [2.45, 2.75) is 13.8 Å². The van der Waals surface area contributed by atoms with E-state index in [2.05, 4.69) is 5.10 Å². The highest BCUT2D eigenvalue weighted by Crippen LogP contribution is 2.47. The van der Waals surface area contributed by atoms with Crippen molar-refractivity contribution in [3.63, 3.8) is 0 Å². The van der Waals surface area contributed by atoms with E-state index in [0.29, 0.717) is 4.45 Å². The SMILES string of the molecule is CCOP(=O)(OCC)n1ncc(OC)c(Cl)c1=O. The van der Waals surface area contributed by atoms with Crippen LogP contribution in [0.5, 0.6) is 5.75 Å². The maximum Gasteiger partial charge on any atom is 0.458 e. The van der Waals surface area contributed by atoms with Gasteiger partial charge in [0.1, 0.15) is 0 Å². The number of methoxy groups -OCH3 is 1. The fourth-order valence-electron chi connectivity index (χ4n) is 1.20. The second-order valence-corrected chi connectivity index (χ2v) is 5.24. The van der Waals surface area contributed by atoms with Gasteiger partial charge >= 0.3 is 7.75 Å². The molecule has 0 spiro atoms. The number of rotatable bonds is 6. The van der Waals surface area contributed by atoms with Gasteiger partial charge in [-0.1, -0.05) is 11.6 Å². The van der Waals surface area contributed by atoms with E-state index in [1.807, 2.05) is 0 Å². The number of halogens is 1. The molecule has 0 aliphatic carbocycles. The van der Waals surface area contributed by atoms with E-state index in [9.17, 15) is 9.36 Å². The van der Waals surface area contributed by atoms with Crippen molar-refractivity contribution in [2.75, 3.05) is 20.3 Å². The standard InChI is InChI=1S/C9H14ClN2O5P/c1-4-16-18(14,17-5-2)12-9(13)8(10)7(15-3)6-11-12/h6H,4-5H2,1-3H3. The van der Waals surface area contributed by atoms with Crippen LogP contribution >= 0.6 is 19.3 Å². The van der Waals surface area contributed by atoms with E-state index in [0.717, 1.165) is 0 Å². The van der Waals surface area contributed by atoms with Crippen molar-refractivity contribution in [3.8, 4) is 5.75 Å². The number of hydrogen-bond donors (Lipinski definition) is 0. The fourth-order valence-corrected chi connectivity index (χ4v) is 2.91. The first kappa shape index (κ1) is 15.2. The van der Waals surface area contributed by atoms with Crippen molar-refractivity contribution in [1.82, 2.24) is 9.55 Å². The van der Waals surface area contributed by atoms with Gasteiger partial charge in [-0.05, 0) is 13.8 Å². The third-order valence-corrected chi connectivity index (χ3v) is 4.17. The molecular weight excluding hydrogens is 283 g/mol. The van der Waals surface area contributed by atoms with Gasteiger partial charge in [-0.15, -0.1) is 4.45 Å². The largest absolute Gasteiger partial charge is 0.493 e. The average molecular weight is 297 g/mol. The second kappa shape index (κ2) is 6.33. The van der Waals surface area contributed by atoms with Crippen molar-refractivity contribution < 1.29 is 18.3 Å². The van der Waals surface area contributed by atoms with Crippen molar-refractivity contribution in [2.24, 2.45) is 0 Å². The Labute approximate surface area is 109 Å². The zero-order chi connectivity index (χ0) is 13.8. The van der Waals surface area contributed by atoms with Crippen LogP contribution in [0.1, 0.15) is 13.8 Å². The molecule has 0 fully saturated rings. The lowest BCUT2D eigenvalue weighted by Gasteiger charge is -2.17. The first-order valence-electron chi connectivity index (χ1n) is 5.22. The van der Waals surface area contributed by atoms with E-state index in [-0.39, 0.29) is 24.0 Å². The molecule has 18 heavy (non-hydrogen) atoms. The van der Waals surface area contributed by atoms with Gasteiger partial charge in [-0.2, -0.15) is 5.10 Å². The van der Waals surface area contributed by atoms with E-state index >= 15 is 0 Å². The van der Waals surface area contributed by atoms with Gasteiger partial charge in [0.05, 0.1) is 26.5 Å². The van der Waals surface area contributed by atoms with Crippen LogP contribution in [-0.2, 0) is 13.6 Å². The van der Waals surface area contributed by atoms with Gasteiger partial charge in [-0.25, -0.2) is 4.57 Å². The minimum atomic E-state index is -3.81. The molecule has 1 aromatic rings. The van der Waals surface area contributed by atoms with Gasteiger partial charge in [0.2, 0.25) is 0 Å². The summed E-state index contributed by atoms with van der Waals surface area (Å²) in [7, 11) is -2.47. The summed E-state index contributed by atoms with van der Waals surface area (Å²) in [5.41, 5.74) is -0.791. The van der Waals surface area contributed by atoms with Crippen LogP contribution in [0.15, 0.2) is 11.0 Å². The van der Waals surface area contributed by atoms with E-state index in [1.165, 1.54) is 13.3 Å². The van der Waals surface area contributed by atoms with Gasteiger partial charge in [0, 0.05) is 0 Å². The number of nitrogens with zero attached hydrogens (tertiary/aromatic N) is 2. The van der Waals surface area contributed by atoms with Crippen LogP contribution in [0.3, 0.4) is 0 Å². The number of aromatic nitrogens is 2. The van der Waals surface area contributed by atoms with E-state index in [4.69, 9.17) is 25.4 Å². The second-order valence-electron chi connectivity index (χ2n) is 3.03. The lowest BCUT2D eigenvalue weighted by atomic mass is 10.5. The molecule has 102 valence electrons. The molecular formula is C9H14ClN2O5P. The van der Waals surface area contributed by atoms with Crippen LogP contribution in [0.4, 0.5) is 0 Å². The molecule has 0 aliphatic heterocycles. The molecule has 1 aromatic heterocycles. The Bertz CT molecular complexity index is 508. The van der Waals surface area contributed by atoms with Gasteiger partial charge in [0.15, 0.2) is 10.8 Å². The van der Waals surface area contributed by atoms with E-state index < -0.39 is 13.3 Å². The van der Waals surface area contributed by atoms with Crippen LogP contribution in [0.2, 0.25) is 5.02 Å². The fraction of sp³-hybridized carbons (Fsp3) is 0.556. The Kier molecular flexibility index (Phi) is 5.34.